The molecule has 0 saturated carbocycles. The maximum Gasteiger partial charge on any atom is 0.255 e. The Morgan fingerprint density at radius 2 is 1.72 bits per heavy atom. The molecule has 39 heavy (non-hydrogen) atoms. The maximum absolute atomic E-state index is 13.3. The molecule has 2 aromatic heterocycles. The Bertz CT molecular complexity index is 1490. The van der Waals surface area contributed by atoms with Gasteiger partial charge in [-0.05, 0) is 69.3 Å². The van der Waals surface area contributed by atoms with Crippen LogP contribution in [0.25, 0.3) is 5.82 Å². The third-order valence-corrected chi connectivity index (χ3v) is 6.91. The van der Waals surface area contributed by atoms with Crippen LogP contribution in [0.4, 0.5) is 28.7 Å². The largest absolute Gasteiger partial charge is 0.373 e. The summed E-state index contributed by atoms with van der Waals surface area (Å²) in [5, 5.41) is 14.2. The number of piperazine rings is 1. The number of aryl methyl sites for hydroxylation is 3. The quantitative estimate of drug-likeness (QED) is 0.327. The fraction of sp³-hybridized carbons (Fsp3) is 0.310. The number of carbonyl (C=O) groups excluding carboxylic acids is 1. The van der Waals surface area contributed by atoms with E-state index in [9.17, 15) is 4.79 Å². The van der Waals surface area contributed by atoms with Gasteiger partial charge in [0.25, 0.3) is 5.91 Å². The molecule has 0 atom stereocenters. The van der Waals surface area contributed by atoms with Crippen LogP contribution in [0.1, 0.15) is 27.2 Å². The predicted molar refractivity (Wildman–Crippen MR) is 157 cm³/mol. The van der Waals surface area contributed by atoms with E-state index in [1.165, 1.54) is 6.33 Å². The van der Waals surface area contributed by atoms with Crippen LogP contribution in [-0.4, -0.2) is 70.8 Å². The Morgan fingerprint density at radius 3 is 2.49 bits per heavy atom. The first-order valence-corrected chi connectivity index (χ1v) is 13.1. The van der Waals surface area contributed by atoms with E-state index in [4.69, 9.17) is 0 Å². The topological polar surface area (TPSA) is 103 Å². The van der Waals surface area contributed by atoms with Gasteiger partial charge in [0.05, 0.1) is 5.69 Å². The molecule has 0 spiro atoms. The summed E-state index contributed by atoms with van der Waals surface area (Å²) in [6.45, 7) is 10.00. The summed E-state index contributed by atoms with van der Waals surface area (Å²) >= 11 is 0. The van der Waals surface area contributed by atoms with Crippen molar-refractivity contribution in [3.8, 4) is 5.82 Å². The Kier molecular flexibility index (Phi) is 7.47. The first-order valence-electron chi connectivity index (χ1n) is 13.1. The minimum absolute atomic E-state index is 0.160. The number of hydrogen-bond donors (Lipinski definition) is 3. The van der Waals surface area contributed by atoms with Crippen LogP contribution < -0.4 is 20.9 Å². The van der Waals surface area contributed by atoms with E-state index in [-0.39, 0.29) is 5.91 Å². The summed E-state index contributed by atoms with van der Waals surface area (Å²) < 4.78 is 1.73. The molecule has 3 heterocycles. The third kappa shape index (κ3) is 6.01. The number of nitrogens with one attached hydrogen (secondary N) is 3. The van der Waals surface area contributed by atoms with Crippen molar-refractivity contribution in [3.05, 3.63) is 77.2 Å². The number of anilines is 5. The highest BCUT2D eigenvalue weighted by molar-refractivity contribution is 6.05. The second-order valence-corrected chi connectivity index (χ2v) is 10.1. The van der Waals surface area contributed by atoms with Gasteiger partial charge in [0.1, 0.15) is 18.0 Å². The molecule has 5 rings (SSSR count). The average molecular weight is 526 g/mol. The van der Waals surface area contributed by atoms with Gasteiger partial charge in [0.2, 0.25) is 0 Å². The van der Waals surface area contributed by atoms with Crippen LogP contribution in [-0.2, 0) is 0 Å². The molecule has 1 saturated heterocycles. The van der Waals surface area contributed by atoms with E-state index in [0.29, 0.717) is 17.2 Å². The lowest BCUT2D eigenvalue weighted by Gasteiger charge is -2.34. The molecule has 10 heteroatoms. The van der Waals surface area contributed by atoms with Gasteiger partial charge in [-0.1, -0.05) is 6.07 Å². The number of nitrogens with zero attached hydrogens (tertiary/aromatic N) is 6. The minimum Gasteiger partial charge on any atom is -0.373 e. The normalized spacial score (nSPS) is 13.8. The van der Waals surface area contributed by atoms with E-state index in [0.717, 1.165) is 65.9 Å². The van der Waals surface area contributed by atoms with Crippen molar-refractivity contribution in [1.82, 2.24) is 24.6 Å². The Balaban J connectivity index is 1.37. The zero-order valence-electron chi connectivity index (χ0n) is 23.1. The van der Waals surface area contributed by atoms with Crippen LogP contribution in [0.5, 0.6) is 0 Å². The summed E-state index contributed by atoms with van der Waals surface area (Å²) in [5.74, 6) is 1.91. The molecule has 202 valence electrons. The zero-order chi connectivity index (χ0) is 27.5. The van der Waals surface area contributed by atoms with Crippen molar-refractivity contribution in [3.63, 3.8) is 0 Å². The second-order valence-electron chi connectivity index (χ2n) is 10.1. The van der Waals surface area contributed by atoms with E-state index < -0.39 is 0 Å². The molecule has 0 aliphatic carbocycles. The SMILES string of the molecule is CNc1cc(-n2nc(C)cc2Nc2cc(C(=O)Nc3cc(C)cc(N4CCN(C)CC4)c3)ccc2C)ncn1. The minimum atomic E-state index is -0.160. The van der Waals surface area contributed by atoms with Crippen molar-refractivity contribution >= 4 is 34.6 Å². The number of rotatable bonds is 7. The highest BCUT2D eigenvalue weighted by Crippen LogP contribution is 2.27. The number of benzene rings is 2. The van der Waals surface area contributed by atoms with E-state index in [1.807, 2.05) is 57.3 Å². The molecule has 0 unspecified atom stereocenters. The lowest BCUT2D eigenvalue weighted by molar-refractivity contribution is 0.102. The molecule has 0 radical (unpaired) electrons. The van der Waals surface area contributed by atoms with E-state index in [1.54, 1.807) is 4.68 Å². The molecule has 1 aliphatic heterocycles. The van der Waals surface area contributed by atoms with Crippen LogP contribution in [0.2, 0.25) is 0 Å². The summed E-state index contributed by atoms with van der Waals surface area (Å²) in [7, 11) is 3.96. The third-order valence-electron chi connectivity index (χ3n) is 6.91. The number of likely N-dealkylation sites (N-methyl/N-ethyl adjacent to an activating group) is 1. The molecule has 1 amide bonds. The highest BCUT2D eigenvalue weighted by Gasteiger charge is 2.17. The molecule has 0 bridgehead atoms. The van der Waals surface area contributed by atoms with Crippen LogP contribution >= 0.6 is 0 Å². The lowest BCUT2D eigenvalue weighted by atomic mass is 10.1. The predicted octanol–water partition coefficient (Wildman–Crippen LogP) is 4.38. The Labute approximate surface area is 229 Å². The van der Waals surface area contributed by atoms with Gasteiger partial charge in [-0.3, -0.25) is 4.79 Å². The van der Waals surface area contributed by atoms with Gasteiger partial charge < -0.3 is 25.8 Å². The van der Waals surface area contributed by atoms with Crippen molar-refractivity contribution in [2.45, 2.75) is 20.8 Å². The Morgan fingerprint density at radius 1 is 0.923 bits per heavy atom. The van der Waals surface area contributed by atoms with Gasteiger partial charge >= 0.3 is 0 Å². The monoisotopic (exact) mass is 525 g/mol. The second kappa shape index (κ2) is 11.1. The lowest BCUT2D eigenvalue weighted by Crippen LogP contribution is -2.44. The van der Waals surface area contributed by atoms with Gasteiger partial charge in [0.15, 0.2) is 5.82 Å². The van der Waals surface area contributed by atoms with Crippen molar-refractivity contribution in [1.29, 1.82) is 0 Å². The summed E-state index contributed by atoms with van der Waals surface area (Å²) in [6.07, 6.45) is 1.50. The average Bonchev–Trinajstić information content (AvgIpc) is 3.29. The number of carbonyl (C=O) groups is 1. The van der Waals surface area contributed by atoms with Crippen molar-refractivity contribution in [2.24, 2.45) is 0 Å². The fourth-order valence-electron chi connectivity index (χ4n) is 4.68. The fourth-order valence-corrected chi connectivity index (χ4v) is 4.68. The van der Waals surface area contributed by atoms with Crippen molar-refractivity contribution in [2.75, 3.05) is 61.1 Å². The number of hydrogen-bond acceptors (Lipinski definition) is 8. The summed E-state index contributed by atoms with van der Waals surface area (Å²) in [5.41, 5.74) is 6.26. The summed E-state index contributed by atoms with van der Waals surface area (Å²) in [6, 6.07) is 15.7. The van der Waals surface area contributed by atoms with Gasteiger partial charge in [-0.2, -0.15) is 9.78 Å². The highest BCUT2D eigenvalue weighted by atomic mass is 16.1. The number of aromatic nitrogens is 4. The van der Waals surface area contributed by atoms with Gasteiger partial charge in [-0.25, -0.2) is 9.97 Å². The molecule has 1 fully saturated rings. The van der Waals surface area contributed by atoms with Crippen LogP contribution in [0.3, 0.4) is 0 Å². The molecule has 4 aromatic rings. The molecular formula is C29H35N9O. The van der Waals surface area contributed by atoms with E-state index in [2.05, 4.69) is 66.9 Å². The number of amides is 1. The molecule has 2 aromatic carbocycles. The molecule has 1 aliphatic rings. The van der Waals surface area contributed by atoms with Crippen molar-refractivity contribution < 1.29 is 4.79 Å². The maximum atomic E-state index is 13.3. The van der Waals surface area contributed by atoms with Crippen LogP contribution in [0, 0.1) is 20.8 Å². The molecule has 3 N–H and O–H groups in total. The first-order chi connectivity index (χ1) is 18.8. The van der Waals surface area contributed by atoms with Gasteiger partial charge in [0, 0.05) is 68.0 Å². The summed E-state index contributed by atoms with van der Waals surface area (Å²) in [4.78, 5) is 26.6. The zero-order valence-corrected chi connectivity index (χ0v) is 23.1. The van der Waals surface area contributed by atoms with Crippen LogP contribution in [0.15, 0.2) is 54.9 Å². The smallest absolute Gasteiger partial charge is 0.255 e. The Hall–Kier alpha value is -4.44. The molecular weight excluding hydrogens is 490 g/mol. The standard InChI is InChI=1S/C29H35N9O/c1-19-12-23(16-24(13-19)37-10-8-36(5)9-11-37)33-29(39)22-7-6-20(2)25(15-22)34-28-14-21(3)35-38(28)27-17-26(30-4)31-18-32-27/h6-7,12-18,34H,8-11H2,1-5H3,(H,33,39)(H,30,31,32). The molecule has 10 nitrogen and oxygen atoms in total. The van der Waals surface area contributed by atoms with Gasteiger partial charge in [-0.15, -0.1) is 0 Å². The van der Waals surface area contributed by atoms with E-state index >= 15 is 0 Å². The first kappa shape index (κ1) is 26.2.